The van der Waals surface area contributed by atoms with Gasteiger partial charge in [-0.3, -0.25) is 9.59 Å². The van der Waals surface area contributed by atoms with Gasteiger partial charge in [0.15, 0.2) is 5.69 Å². The van der Waals surface area contributed by atoms with E-state index in [4.69, 9.17) is 4.52 Å². The molecule has 2 amide bonds. The van der Waals surface area contributed by atoms with Crippen molar-refractivity contribution in [2.24, 2.45) is 5.92 Å². The molecule has 6 nitrogen and oxygen atoms in total. The van der Waals surface area contributed by atoms with Crippen molar-refractivity contribution in [2.75, 3.05) is 18.4 Å². The van der Waals surface area contributed by atoms with Gasteiger partial charge >= 0.3 is 0 Å². The van der Waals surface area contributed by atoms with Crippen LogP contribution in [0.5, 0.6) is 0 Å². The minimum atomic E-state index is -0.293. The molecular formula is C23H22FN3O3. The van der Waals surface area contributed by atoms with Gasteiger partial charge in [0, 0.05) is 24.8 Å². The molecule has 3 aromatic rings. The number of carbonyl (C=O) groups excluding carboxylic acids is 2. The lowest BCUT2D eigenvalue weighted by Crippen LogP contribution is -2.43. The second-order valence-corrected chi connectivity index (χ2v) is 7.49. The molecule has 1 unspecified atom stereocenters. The molecular weight excluding hydrogens is 385 g/mol. The summed E-state index contributed by atoms with van der Waals surface area (Å²) in [5.41, 5.74) is 2.57. The number of benzene rings is 2. The Morgan fingerprint density at radius 3 is 2.63 bits per heavy atom. The number of rotatable bonds is 4. The highest BCUT2D eigenvalue weighted by molar-refractivity contribution is 5.95. The first kappa shape index (κ1) is 19.8. The van der Waals surface area contributed by atoms with Crippen LogP contribution < -0.4 is 5.32 Å². The molecule has 2 heterocycles. The molecule has 1 fully saturated rings. The first-order valence-corrected chi connectivity index (χ1v) is 9.89. The molecule has 154 valence electrons. The largest absolute Gasteiger partial charge is 0.361 e. The van der Waals surface area contributed by atoms with Gasteiger partial charge in [-0.05, 0) is 55.2 Å². The van der Waals surface area contributed by atoms with Gasteiger partial charge in [0.1, 0.15) is 11.6 Å². The topological polar surface area (TPSA) is 75.4 Å². The van der Waals surface area contributed by atoms with Gasteiger partial charge in [0.25, 0.3) is 5.91 Å². The molecule has 0 radical (unpaired) electrons. The summed E-state index contributed by atoms with van der Waals surface area (Å²) < 4.78 is 18.4. The Morgan fingerprint density at radius 1 is 1.13 bits per heavy atom. The van der Waals surface area contributed by atoms with Crippen LogP contribution in [0, 0.1) is 18.7 Å². The van der Waals surface area contributed by atoms with Crippen molar-refractivity contribution in [1.82, 2.24) is 10.1 Å². The van der Waals surface area contributed by atoms with Crippen molar-refractivity contribution >= 4 is 17.5 Å². The van der Waals surface area contributed by atoms with Gasteiger partial charge in [0.05, 0.1) is 5.92 Å². The highest BCUT2D eigenvalue weighted by atomic mass is 19.1. The second kappa shape index (κ2) is 8.49. The van der Waals surface area contributed by atoms with Crippen LogP contribution in [-0.2, 0) is 4.79 Å². The van der Waals surface area contributed by atoms with Crippen molar-refractivity contribution in [2.45, 2.75) is 19.8 Å². The molecule has 1 aromatic heterocycles. The normalized spacial score (nSPS) is 16.3. The molecule has 1 saturated heterocycles. The number of piperidine rings is 1. The van der Waals surface area contributed by atoms with Crippen LogP contribution in [0.15, 0.2) is 59.1 Å². The summed E-state index contributed by atoms with van der Waals surface area (Å²) in [5.74, 6) is -0.349. The molecule has 4 rings (SSSR count). The fourth-order valence-corrected chi connectivity index (χ4v) is 3.66. The zero-order chi connectivity index (χ0) is 21.1. The number of hydrogen-bond donors (Lipinski definition) is 1. The Morgan fingerprint density at radius 2 is 1.93 bits per heavy atom. The summed E-state index contributed by atoms with van der Waals surface area (Å²) in [4.78, 5) is 27.0. The number of anilines is 1. The minimum Gasteiger partial charge on any atom is -0.361 e. The lowest BCUT2D eigenvalue weighted by molar-refractivity contribution is -0.121. The van der Waals surface area contributed by atoms with E-state index in [0.717, 1.165) is 24.0 Å². The molecule has 0 saturated carbocycles. The minimum absolute atomic E-state index is 0.123. The van der Waals surface area contributed by atoms with Gasteiger partial charge in [-0.25, -0.2) is 4.39 Å². The van der Waals surface area contributed by atoms with Crippen LogP contribution in [0.3, 0.4) is 0 Å². The first-order valence-electron chi connectivity index (χ1n) is 9.89. The molecule has 1 atom stereocenters. The molecule has 30 heavy (non-hydrogen) atoms. The molecule has 0 bridgehead atoms. The van der Waals surface area contributed by atoms with E-state index in [9.17, 15) is 14.0 Å². The smallest absolute Gasteiger partial charge is 0.276 e. The number of halogens is 1. The van der Waals surface area contributed by atoms with Crippen molar-refractivity contribution in [3.8, 4) is 11.1 Å². The Kier molecular flexibility index (Phi) is 5.61. The number of aromatic nitrogens is 1. The fraction of sp³-hybridized carbons (Fsp3) is 0.261. The summed E-state index contributed by atoms with van der Waals surface area (Å²) >= 11 is 0. The van der Waals surface area contributed by atoms with E-state index in [1.807, 2.05) is 18.2 Å². The molecule has 0 spiro atoms. The Bertz CT molecular complexity index is 1060. The van der Waals surface area contributed by atoms with Crippen molar-refractivity contribution < 1.29 is 18.5 Å². The maximum atomic E-state index is 13.4. The fourth-order valence-electron chi connectivity index (χ4n) is 3.66. The van der Waals surface area contributed by atoms with Crippen molar-refractivity contribution in [3.05, 3.63) is 71.9 Å². The third kappa shape index (κ3) is 4.40. The van der Waals surface area contributed by atoms with Crippen LogP contribution in [0.25, 0.3) is 11.1 Å². The number of likely N-dealkylation sites (tertiary alicyclic amines) is 1. The number of nitrogens with zero attached hydrogens (tertiary/aromatic N) is 2. The molecule has 2 aromatic carbocycles. The van der Waals surface area contributed by atoms with Crippen molar-refractivity contribution in [3.63, 3.8) is 0 Å². The standard InChI is InChI=1S/C23H22FN3O3/c1-15-12-21(26-30-15)23(29)27-11-3-5-18(14-27)22(28)25-20-9-7-16(8-10-20)17-4-2-6-19(24)13-17/h2,4,6-10,12-13,18H,3,5,11,14H2,1H3,(H,25,28). The molecule has 1 N–H and O–H groups in total. The van der Waals surface area contributed by atoms with Crippen LogP contribution in [0.1, 0.15) is 29.1 Å². The summed E-state index contributed by atoms with van der Waals surface area (Å²) in [5, 5.41) is 6.70. The highest BCUT2D eigenvalue weighted by Gasteiger charge is 2.30. The summed E-state index contributed by atoms with van der Waals surface area (Å²) in [6.45, 7) is 2.67. The average molecular weight is 407 g/mol. The van der Waals surface area contributed by atoms with Gasteiger partial charge < -0.3 is 14.7 Å². The summed E-state index contributed by atoms with van der Waals surface area (Å²) in [7, 11) is 0. The van der Waals surface area contributed by atoms with Crippen LogP contribution >= 0.6 is 0 Å². The quantitative estimate of drug-likeness (QED) is 0.700. The number of aryl methyl sites for hydroxylation is 1. The monoisotopic (exact) mass is 407 g/mol. The number of carbonyl (C=O) groups is 2. The molecule has 7 heteroatoms. The predicted molar refractivity (Wildman–Crippen MR) is 110 cm³/mol. The number of hydrogen-bond acceptors (Lipinski definition) is 4. The van der Waals surface area contributed by atoms with Crippen LogP contribution in [0.4, 0.5) is 10.1 Å². The molecule has 1 aliphatic heterocycles. The summed E-state index contributed by atoms with van der Waals surface area (Å²) in [6.07, 6.45) is 1.47. The zero-order valence-electron chi connectivity index (χ0n) is 16.6. The SMILES string of the molecule is Cc1cc(C(=O)N2CCCC(C(=O)Nc3ccc(-c4cccc(F)c4)cc3)C2)no1. The first-order chi connectivity index (χ1) is 14.5. The number of amides is 2. The maximum Gasteiger partial charge on any atom is 0.276 e. The van der Waals surface area contributed by atoms with E-state index in [2.05, 4.69) is 10.5 Å². The Labute approximate surface area is 173 Å². The lowest BCUT2D eigenvalue weighted by atomic mass is 9.96. The third-order valence-corrected chi connectivity index (χ3v) is 5.24. The van der Waals surface area contributed by atoms with Crippen molar-refractivity contribution in [1.29, 1.82) is 0 Å². The zero-order valence-corrected chi connectivity index (χ0v) is 16.6. The van der Waals surface area contributed by atoms with E-state index in [-0.39, 0.29) is 29.2 Å². The number of nitrogens with one attached hydrogen (secondary N) is 1. The lowest BCUT2D eigenvalue weighted by Gasteiger charge is -2.31. The summed E-state index contributed by atoms with van der Waals surface area (Å²) in [6, 6.07) is 15.2. The Balaban J connectivity index is 1.39. The van der Waals surface area contributed by atoms with E-state index in [1.165, 1.54) is 12.1 Å². The van der Waals surface area contributed by atoms with E-state index >= 15 is 0 Å². The van der Waals surface area contributed by atoms with Crippen LogP contribution in [-0.4, -0.2) is 35.0 Å². The molecule has 1 aliphatic rings. The van der Waals surface area contributed by atoms with E-state index in [1.54, 1.807) is 36.1 Å². The third-order valence-electron chi connectivity index (χ3n) is 5.24. The van der Waals surface area contributed by atoms with Crippen LogP contribution in [0.2, 0.25) is 0 Å². The highest BCUT2D eigenvalue weighted by Crippen LogP contribution is 2.24. The van der Waals surface area contributed by atoms with E-state index < -0.39 is 0 Å². The van der Waals surface area contributed by atoms with Gasteiger partial charge in [0.2, 0.25) is 5.91 Å². The van der Waals surface area contributed by atoms with Gasteiger partial charge in [-0.1, -0.05) is 29.4 Å². The Hall–Kier alpha value is -3.48. The average Bonchev–Trinajstić information content (AvgIpc) is 3.20. The molecule has 0 aliphatic carbocycles. The van der Waals surface area contributed by atoms with Gasteiger partial charge in [-0.2, -0.15) is 0 Å². The second-order valence-electron chi connectivity index (χ2n) is 7.49. The predicted octanol–water partition coefficient (Wildman–Crippen LogP) is 4.28. The maximum absolute atomic E-state index is 13.4. The van der Waals surface area contributed by atoms with E-state index in [0.29, 0.717) is 24.5 Å². The van der Waals surface area contributed by atoms with Gasteiger partial charge in [-0.15, -0.1) is 0 Å².